The van der Waals surface area contributed by atoms with Crippen molar-refractivity contribution in [3.8, 4) is 0 Å². The molecule has 0 bridgehead atoms. The first-order valence-electron chi connectivity index (χ1n) is 3.52. The number of hydrogen-bond acceptors (Lipinski definition) is 3. The molecular formula is C8H8O4S. The molecule has 4 nitrogen and oxygen atoms in total. The van der Waals surface area contributed by atoms with Gasteiger partial charge in [-0.2, -0.15) is 0 Å². The van der Waals surface area contributed by atoms with E-state index in [1.165, 1.54) is 12.1 Å². The molecular weight excluding hydrogens is 194 g/mol. The molecule has 0 fully saturated rings. The number of aliphatic carboxylic acids is 1. The van der Waals surface area contributed by atoms with Gasteiger partial charge in [-0.1, -0.05) is 18.2 Å². The molecule has 1 aromatic carbocycles. The van der Waals surface area contributed by atoms with Gasteiger partial charge in [-0.3, -0.25) is 4.79 Å². The number of carboxylic acids is 1. The first-order valence-corrected chi connectivity index (χ1v) is 5.17. The molecule has 0 amide bonds. The zero-order valence-corrected chi connectivity index (χ0v) is 7.49. The van der Waals surface area contributed by atoms with Crippen LogP contribution in [0.5, 0.6) is 0 Å². The van der Waals surface area contributed by atoms with E-state index in [9.17, 15) is 13.2 Å². The maximum absolute atomic E-state index is 11.3. The lowest BCUT2D eigenvalue weighted by atomic mass is 10.6. The fourth-order valence-corrected chi connectivity index (χ4v) is 1.94. The van der Waals surface area contributed by atoms with E-state index < -0.39 is 21.6 Å². The zero-order chi connectivity index (χ0) is 9.90. The highest BCUT2D eigenvalue weighted by molar-refractivity contribution is 7.92. The van der Waals surface area contributed by atoms with Crippen LogP contribution in [0.25, 0.3) is 0 Å². The second kappa shape index (κ2) is 3.57. The maximum Gasteiger partial charge on any atom is 0.319 e. The number of carbonyl (C=O) groups is 1. The average Bonchev–Trinajstić information content (AvgIpc) is 2.04. The number of rotatable bonds is 3. The van der Waals surface area contributed by atoms with Gasteiger partial charge in [0.1, 0.15) is 0 Å². The van der Waals surface area contributed by atoms with Crippen LogP contribution >= 0.6 is 0 Å². The fourth-order valence-electron chi connectivity index (χ4n) is 0.874. The Bertz CT molecular complexity index is 393. The normalized spacial score (nSPS) is 11.1. The molecule has 0 saturated heterocycles. The molecule has 5 heteroatoms. The minimum Gasteiger partial charge on any atom is -0.480 e. The van der Waals surface area contributed by atoms with E-state index in [4.69, 9.17) is 5.11 Å². The van der Waals surface area contributed by atoms with E-state index in [1.807, 2.05) is 0 Å². The van der Waals surface area contributed by atoms with Crippen molar-refractivity contribution in [3.63, 3.8) is 0 Å². The monoisotopic (exact) mass is 202 g/mol. The molecule has 1 aromatic rings. The van der Waals surface area contributed by atoms with E-state index in [2.05, 4.69) is 0 Å². The molecule has 13 heavy (non-hydrogen) atoms. The van der Waals surface area contributed by atoms with E-state index in [0.29, 0.717) is 0 Å². The summed E-state index contributed by atoms with van der Waals surface area (Å²) >= 11 is 0. The molecule has 0 aromatic heterocycles. The molecule has 0 saturated carbocycles. The van der Waals surface area contributed by atoms with Gasteiger partial charge in [0, 0.05) is 0 Å². The van der Waals surface area contributed by atoms with Crippen LogP contribution in [0, 0.1) is 0 Å². The van der Waals surface area contributed by atoms with E-state index in [1.54, 1.807) is 18.2 Å². The Hall–Kier alpha value is -1.36. The molecule has 0 aliphatic rings. The Balaban J connectivity index is 3.02. The van der Waals surface area contributed by atoms with E-state index in [0.717, 1.165) is 0 Å². The Morgan fingerprint density at radius 3 is 2.23 bits per heavy atom. The number of hydrogen-bond donors (Lipinski definition) is 1. The second-order valence-electron chi connectivity index (χ2n) is 2.47. The third-order valence-corrected chi connectivity index (χ3v) is 3.03. The summed E-state index contributed by atoms with van der Waals surface area (Å²) in [6, 6.07) is 7.51. The summed E-state index contributed by atoms with van der Waals surface area (Å²) in [6.07, 6.45) is 0. The van der Waals surface area contributed by atoms with Crippen LogP contribution in [0.3, 0.4) is 0 Å². The summed E-state index contributed by atoms with van der Waals surface area (Å²) in [5.41, 5.74) is 0. The van der Waals surface area contributed by atoms with Crippen molar-refractivity contribution in [1.82, 2.24) is 0 Å². The highest BCUT2D eigenvalue weighted by Crippen LogP contribution is 2.09. The predicted molar refractivity (Wildman–Crippen MR) is 46.1 cm³/mol. The zero-order valence-electron chi connectivity index (χ0n) is 6.67. The lowest BCUT2D eigenvalue weighted by Crippen LogP contribution is -2.15. The van der Waals surface area contributed by atoms with Crippen molar-refractivity contribution in [2.75, 3.05) is 5.75 Å². The lowest BCUT2D eigenvalue weighted by Gasteiger charge is -1.99. The van der Waals surface area contributed by atoms with Crippen LogP contribution < -0.4 is 0 Å². The van der Waals surface area contributed by atoms with Crippen molar-refractivity contribution < 1.29 is 18.3 Å². The molecule has 0 aliphatic carbocycles. The smallest absolute Gasteiger partial charge is 0.319 e. The molecule has 1 rings (SSSR count). The Labute approximate surface area is 75.7 Å². The van der Waals surface area contributed by atoms with Crippen molar-refractivity contribution >= 4 is 15.8 Å². The van der Waals surface area contributed by atoms with Crippen molar-refractivity contribution in [1.29, 1.82) is 0 Å². The van der Waals surface area contributed by atoms with Crippen LogP contribution in [0.1, 0.15) is 0 Å². The Kier molecular flexibility index (Phi) is 2.67. The average molecular weight is 202 g/mol. The van der Waals surface area contributed by atoms with Crippen LogP contribution in [0.4, 0.5) is 0 Å². The first kappa shape index (κ1) is 9.73. The number of sulfone groups is 1. The third kappa shape index (κ3) is 2.55. The molecule has 1 N–H and O–H groups in total. The van der Waals surface area contributed by atoms with Gasteiger partial charge in [0.2, 0.25) is 0 Å². The highest BCUT2D eigenvalue weighted by atomic mass is 32.2. The lowest BCUT2D eigenvalue weighted by molar-refractivity contribution is -0.134. The molecule has 0 heterocycles. The predicted octanol–water partition coefficient (Wildman–Crippen LogP) is 0.545. The van der Waals surface area contributed by atoms with Crippen molar-refractivity contribution in [2.45, 2.75) is 4.90 Å². The van der Waals surface area contributed by atoms with Gasteiger partial charge >= 0.3 is 5.97 Å². The topological polar surface area (TPSA) is 71.4 Å². The van der Waals surface area contributed by atoms with Gasteiger partial charge < -0.3 is 5.11 Å². The summed E-state index contributed by atoms with van der Waals surface area (Å²) in [5, 5.41) is 8.33. The molecule has 70 valence electrons. The van der Waals surface area contributed by atoms with Gasteiger partial charge in [0.25, 0.3) is 0 Å². The van der Waals surface area contributed by atoms with Crippen molar-refractivity contribution in [2.24, 2.45) is 0 Å². The van der Waals surface area contributed by atoms with Crippen LogP contribution in [-0.4, -0.2) is 25.2 Å². The summed E-state index contributed by atoms with van der Waals surface area (Å²) in [5.74, 6) is -2.21. The largest absolute Gasteiger partial charge is 0.480 e. The van der Waals surface area contributed by atoms with Gasteiger partial charge in [-0.05, 0) is 12.1 Å². The van der Waals surface area contributed by atoms with Gasteiger partial charge in [-0.15, -0.1) is 0 Å². The standard InChI is InChI=1S/C8H8O4S/c9-8(10)6-13(11,12)7-4-2-1-3-5-7/h1-5H,6H2,(H,9,10)/i4+1,7+1. The van der Waals surface area contributed by atoms with Crippen LogP contribution in [-0.2, 0) is 14.6 Å². The van der Waals surface area contributed by atoms with E-state index >= 15 is 0 Å². The Morgan fingerprint density at radius 2 is 1.77 bits per heavy atom. The first-order chi connectivity index (χ1) is 6.02. The van der Waals surface area contributed by atoms with E-state index in [-0.39, 0.29) is 4.90 Å². The third-order valence-electron chi connectivity index (χ3n) is 1.42. The van der Waals surface area contributed by atoms with Gasteiger partial charge in [0.05, 0.1) is 4.90 Å². The van der Waals surface area contributed by atoms with Crippen LogP contribution in [0.15, 0.2) is 35.2 Å². The SMILES string of the molecule is O=C(O)CS(=O)(=O)[13c]1cccc[13cH]1. The molecule has 0 aliphatic heterocycles. The summed E-state index contributed by atoms with van der Waals surface area (Å²) < 4.78 is 22.5. The molecule has 0 atom stereocenters. The maximum atomic E-state index is 11.3. The van der Waals surface area contributed by atoms with Gasteiger partial charge in [0.15, 0.2) is 15.6 Å². The number of carboxylic acid groups (broad SMARTS) is 1. The molecule has 0 spiro atoms. The van der Waals surface area contributed by atoms with Crippen molar-refractivity contribution in [3.05, 3.63) is 30.3 Å². The van der Waals surface area contributed by atoms with Crippen LogP contribution in [0.2, 0.25) is 0 Å². The summed E-state index contributed by atoms with van der Waals surface area (Å²) in [4.78, 5) is 10.2. The second-order valence-corrected chi connectivity index (χ2v) is 4.46. The minimum atomic E-state index is -3.66. The highest BCUT2D eigenvalue weighted by Gasteiger charge is 2.17. The summed E-state index contributed by atoms with van der Waals surface area (Å²) in [7, 11) is -3.66. The Morgan fingerprint density at radius 1 is 1.23 bits per heavy atom. The minimum absolute atomic E-state index is 0.0393. The summed E-state index contributed by atoms with van der Waals surface area (Å²) in [6.45, 7) is 0. The number of benzene rings is 1. The molecule has 0 unspecified atom stereocenters. The quantitative estimate of drug-likeness (QED) is 0.776. The fraction of sp³-hybridized carbons (Fsp3) is 0.125. The molecule has 0 radical (unpaired) electrons. The van der Waals surface area contributed by atoms with Gasteiger partial charge in [-0.25, -0.2) is 8.42 Å².